The van der Waals surface area contributed by atoms with Gasteiger partial charge in [-0.2, -0.15) is 0 Å². The molecule has 0 spiro atoms. The number of hydrogen-bond acceptors (Lipinski definition) is 4. The average molecular weight is 320 g/mol. The van der Waals surface area contributed by atoms with Crippen LogP contribution in [0.4, 0.5) is 0 Å². The molecule has 0 fully saturated rings. The number of para-hydroxylation sites is 1. The van der Waals surface area contributed by atoms with Crippen LogP contribution in [0.5, 0.6) is 0 Å². The van der Waals surface area contributed by atoms with Gasteiger partial charge in [-0.25, -0.2) is 9.97 Å². The van der Waals surface area contributed by atoms with Gasteiger partial charge in [0, 0.05) is 18.3 Å². The van der Waals surface area contributed by atoms with Crippen molar-refractivity contribution in [2.45, 2.75) is 25.3 Å². The van der Waals surface area contributed by atoms with Crippen LogP contribution in [0.3, 0.4) is 0 Å². The molecule has 0 aliphatic heterocycles. The Morgan fingerprint density at radius 1 is 1.38 bits per heavy atom. The topological polar surface area (TPSA) is 47.8 Å². The minimum absolute atomic E-state index is 0.0432. The number of aromatic nitrogens is 3. The average Bonchev–Trinajstić information content (AvgIpc) is 2.99. The molecule has 3 rings (SSSR count). The molecule has 1 aromatic carbocycles. The van der Waals surface area contributed by atoms with E-state index in [0.29, 0.717) is 29.7 Å². The molecule has 0 bridgehead atoms. The molecule has 0 aliphatic rings. The van der Waals surface area contributed by atoms with E-state index >= 15 is 0 Å². The minimum Gasteiger partial charge on any atom is -0.294 e. The van der Waals surface area contributed by atoms with Gasteiger partial charge in [-0.1, -0.05) is 12.1 Å². The highest BCUT2D eigenvalue weighted by atomic mass is 35.5. The van der Waals surface area contributed by atoms with Crippen LogP contribution in [0.2, 0.25) is 0 Å². The van der Waals surface area contributed by atoms with Gasteiger partial charge in [-0.05, 0) is 19.1 Å². The zero-order valence-electron chi connectivity index (χ0n) is 11.5. The molecule has 0 saturated carbocycles. The minimum atomic E-state index is -0.322. The van der Waals surface area contributed by atoms with Crippen molar-refractivity contribution < 1.29 is 0 Å². The molecular formula is C15H14ClN3OS. The Morgan fingerprint density at radius 3 is 2.90 bits per heavy atom. The van der Waals surface area contributed by atoms with E-state index in [2.05, 4.69) is 9.97 Å². The summed E-state index contributed by atoms with van der Waals surface area (Å²) in [6.45, 7) is 2.37. The van der Waals surface area contributed by atoms with Crippen LogP contribution >= 0.6 is 22.9 Å². The Kier molecular flexibility index (Phi) is 4.03. The first-order valence-electron chi connectivity index (χ1n) is 6.67. The number of hydrogen-bond donors (Lipinski definition) is 0. The fourth-order valence-electron chi connectivity index (χ4n) is 2.29. The van der Waals surface area contributed by atoms with Crippen molar-refractivity contribution in [3.63, 3.8) is 0 Å². The molecule has 0 radical (unpaired) electrons. The molecule has 0 N–H and O–H groups in total. The van der Waals surface area contributed by atoms with Gasteiger partial charge < -0.3 is 0 Å². The van der Waals surface area contributed by atoms with Crippen molar-refractivity contribution in [1.82, 2.24) is 14.5 Å². The lowest BCUT2D eigenvalue weighted by Gasteiger charge is -2.14. The molecule has 0 aliphatic carbocycles. The maximum Gasteiger partial charge on any atom is 0.261 e. The lowest BCUT2D eigenvalue weighted by atomic mass is 10.2. The summed E-state index contributed by atoms with van der Waals surface area (Å²) in [4.78, 5) is 21.5. The van der Waals surface area contributed by atoms with Gasteiger partial charge in [0.2, 0.25) is 0 Å². The maximum absolute atomic E-state index is 12.7. The summed E-state index contributed by atoms with van der Waals surface area (Å²) < 4.78 is 1.67. The number of benzene rings is 1. The molecule has 1 unspecified atom stereocenters. The lowest BCUT2D eigenvalue weighted by molar-refractivity contribution is 0.612. The number of aryl methyl sites for hydroxylation is 1. The van der Waals surface area contributed by atoms with Crippen LogP contribution in [-0.2, 0) is 13.0 Å². The van der Waals surface area contributed by atoms with Crippen LogP contribution in [0.15, 0.2) is 40.0 Å². The van der Waals surface area contributed by atoms with Crippen molar-refractivity contribution in [2.24, 2.45) is 0 Å². The molecule has 0 saturated heterocycles. The van der Waals surface area contributed by atoms with Gasteiger partial charge in [0.1, 0.15) is 5.82 Å². The smallest absolute Gasteiger partial charge is 0.261 e. The lowest BCUT2D eigenvalue weighted by Crippen LogP contribution is -2.26. The summed E-state index contributed by atoms with van der Waals surface area (Å²) in [6.07, 6.45) is 0.694. The first-order chi connectivity index (χ1) is 10.2. The van der Waals surface area contributed by atoms with Gasteiger partial charge in [0.25, 0.3) is 5.56 Å². The third-order valence-corrected chi connectivity index (χ3v) is 4.15. The third-order valence-electron chi connectivity index (χ3n) is 3.32. The van der Waals surface area contributed by atoms with Gasteiger partial charge in [0.15, 0.2) is 0 Å². The van der Waals surface area contributed by atoms with Crippen molar-refractivity contribution >= 4 is 33.8 Å². The van der Waals surface area contributed by atoms with Crippen LogP contribution in [0.25, 0.3) is 10.9 Å². The van der Waals surface area contributed by atoms with E-state index in [1.54, 1.807) is 27.5 Å². The summed E-state index contributed by atoms with van der Waals surface area (Å²) in [5.41, 5.74) is 3.42. The van der Waals surface area contributed by atoms with Crippen LogP contribution in [-0.4, -0.2) is 14.5 Å². The molecule has 2 heterocycles. The largest absolute Gasteiger partial charge is 0.294 e. The van der Waals surface area contributed by atoms with Crippen LogP contribution in [0, 0.1) is 0 Å². The van der Waals surface area contributed by atoms with Crippen molar-refractivity contribution in [3.05, 3.63) is 57.0 Å². The van der Waals surface area contributed by atoms with Gasteiger partial charge in [-0.3, -0.25) is 9.36 Å². The summed E-state index contributed by atoms with van der Waals surface area (Å²) in [7, 11) is 0. The molecule has 1 atom stereocenters. The second kappa shape index (κ2) is 5.95. The molecule has 6 heteroatoms. The fraction of sp³-hybridized carbons (Fsp3) is 0.267. The predicted octanol–water partition coefficient (Wildman–Crippen LogP) is 3.40. The zero-order chi connectivity index (χ0) is 14.8. The van der Waals surface area contributed by atoms with E-state index in [9.17, 15) is 4.79 Å². The summed E-state index contributed by atoms with van der Waals surface area (Å²) in [5, 5.41) is 2.29. The standard InChI is InChI=1S/C15H14ClN3OS/c1-10(16)14-18-13-5-3-2-4-12(13)15(20)19(14)7-6-11-8-21-9-17-11/h2-5,8-10H,6-7H2,1H3. The normalized spacial score (nSPS) is 12.7. The molecule has 4 nitrogen and oxygen atoms in total. The molecule has 3 aromatic rings. The second-order valence-electron chi connectivity index (χ2n) is 4.79. The number of thiazole rings is 1. The monoisotopic (exact) mass is 319 g/mol. The highest BCUT2D eigenvalue weighted by Gasteiger charge is 2.14. The Morgan fingerprint density at radius 2 is 2.19 bits per heavy atom. The summed E-state index contributed by atoms with van der Waals surface area (Å²) in [5.74, 6) is 0.607. The molecular weight excluding hydrogens is 306 g/mol. The SMILES string of the molecule is CC(Cl)c1nc2ccccc2c(=O)n1CCc1cscn1. The quantitative estimate of drug-likeness (QED) is 0.692. The second-order valence-corrected chi connectivity index (χ2v) is 6.16. The zero-order valence-corrected chi connectivity index (χ0v) is 13.1. The number of nitrogens with zero attached hydrogens (tertiary/aromatic N) is 3. The van der Waals surface area contributed by atoms with Gasteiger partial charge in [-0.15, -0.1) is 22.9 Å². The van der Waals surface area contributed by atoms with E-state index in [1.807, 2.05) is 30.5 Å². The van der Waals surface area contributed by atoms with Gasteiger partial charge >= 0.3 is 0 Å². The van der Waals surface area contributed by atoms with E-state index in [4.69, 9.17) is 11.6 Å². The summed E-state index contributed by atoms with van der Waals surface area (Å²) >= 11 is 7.76. The number of fused-ring (bicyclic) bond motifs is 1. The van der Waals surface area contributed by atoms with Crippen molar-refractivity contribution in [2.75, 3.05) is 0 Å². The molecule has 2 aromatic heterocycles. The Labute approximate surface area is 131 Å². The molecule has 0 amide bonds. The van der Waals surface area contributed by atoms with Gasteiger partial charge in [0.05, 0.1) is 27.5 Å². The highest BCUT2D eigenvalue weighted by Crippen LogP contribution is 2.19. The van der Waals surface area contributed by atoms with Crippen LogP contribution < -0.4 is 5.56 Å². The Bertz CT molecular complexity index is 811. The van der Waals surface area contributed by atoms with Crippen molar-refractivity contribution in [1.29, 1.82) is 0 Å². The number of halogens is 1. The number of rotatable bonds is 4. The summed E-state index contributed by atoms with van der Waals surface area (Å²) in [6, 6.07) is 7.36. The van der Waals surface area contributed by atoms with E-state index in [1.165, 1.54) is 0 Å². The molecule has 108 valence electrons. The third kappa shape index (κ3) is 2.84. The Balaban J connectivity index is 2.08. The van der Waals surface area contributed by atoms with E-state index in [-0.39, 0.29) is 10.9 Å². The van der Waals surface area contributed by atoms with Crippen LogP contribution in [0.1, 0.15) is 23.8 Å². The molecule has 21 heavy (non-hydrogen) atoms. The maximum atomic E-state index is 12.7. The predicted molar refractivity (Wildman–Crippen MR) is 86.1 cm³/mol. The highest BCUT2D eigenvalue weighted by molar-refractivity contribution is 7.07. The van der Waals surface area contributed by atoms with Crippen molar-refractivity contribution in [3.8, 4) is 0 Å². The first kappa shape index (κ1) is 14.2. The van der Waals surface area contributed by atoms with E-state index in [0.717, 1.165) is 5.69 Å². The Hall–Kier alpha value is -1.72. The fourth-order valence-corrected chi connectivity index (χ4v) is 3.05. The first-order valence-corrected chi connectivity index (χ1v) is 8.05. The van der Waals surface area contributed by atoms with E-state index < -0.39 is 0 Å². The number of alkyl halides is 1.